The van der Waals surface area contributed by atoms with Crippen LogP contribution in [0.2, 0.25) is 5.15 Å². The molecular formula is C10H13ClN2O. The zero-order valence-corrected chi connectivity index (χ0v) is 8.63. The van der Waals surface area contributed by atoms with Gasteiger partial charge in [0.05, 0.1) is 6.20 Å². The second-order valence-electron chi connectivity index (χ2n) is 3.42. The summed E-state index contributed by atoms with van der Waals surface area (Å²) in [6.07, 6.45) is 4.09. The Bertz CT molecular complexity index is 283. The van der Waals surface area contributed by atoms with E-state index in [0.717, 1.165) is 12.3 Å². The Labute approximate surface area is 88.4 Å². The van der Waals surface area contributed by atoms with Gasteiger partial charge < -0.3 is 10.1 Å². The number of pyridine rings is 1. The molecule has 0 bridgehead atoms. The first kappa shape index (κ1) is 9.74. The minimum Gasteiger partial charge on any atom is -0.490 e. The Kier molecular flexibility index (Phi) is 3.22. The van der Waals surface area contributed by atoms with Gasteiger partial charge in [-0.1, -0.05) is 11.6 Å². The van der Waals surface area contributed by atoms with Crippen molar-refractivity contribution in [3.63, 3.8) is 0 Å². The van der Waals surface area contributed by atoms with Crippen LogP contribution < -0.4 is 10.1 Å². The standard InChI is InChI=1S/C10H13ClN2O/c11-10-4-3-9(6-13-10)14-7-8-2-1-5-12-8/h3-4,6,8,12H,1-2,5,7H2/t8-/m1/s1. The van der Waals surface area contributed by atoms with Gasteiger partial charge in [-0.25, -0.2) is 4.98 Å². The highest BCUT2D eigenvalue weighted by atomic mass is 35.5. The normalized spacial score (nSPS) is 21.1. The SMILES string of the molecule is Clc1ccc(OC[C@H]2CCCN2)cn1. The number of nitrogens with one attached hydrogen (secondary N) is 1. The number of aromatic nitrogens is 1. The highest BCUT2D eigenvalue weighted by Gasteiger charge is 2.14. The summed E-state index contributed by atoms with van der Waals surface area (Å²) in [5, 5.41) is 3.86. The van der Waals surface area contributed by atoms with Crippen LogP contribution in [0, 0.1) is 0 Å². The van der Waals surface area contributed by atoms with Crippen LogP contribution in [0.3, 0.4) is 0 Å². The van der Waals surface area contributed by atoms with E-state index in [-0.39, 0.29) is 0 Å². The lowest BCUT2D eigenvalue weighted by molar-refractivity contribution is 0.276. The third kappa shape index (κ3) is 2.59. The predicted octanol–water partition coefficient (Wildman–Crippen LogP) is 1.87. The van der Waals surface area contributed by atoms with Crippen molar-refractivity contribution >= 4 is 11.6 Å². The number of halogens is 1. The fraction of sp³-hybridized carbons (Fsp3) is 0.500. The van der Waals surface area contributed by atoms with E-state index in [1.54, 1.807) is 12.3 Å². The van der Waals surface area contributed by atoms with Gasteiger partial charge in [0.25, 0.3) is 0 Å². The van der Waals surface area contributed by atoms with Crippen molar-refractivity contribution in [3.05, 3.63) is 23.5 Å². The molecule has 14 heavy (non-hydrogen) atoms. The van der Waals surface area contributed by atoms with Gasteiger partial charge in [0.1, 0.15) is 17.5 Å². The number of hydrogen-bond acceptors (Lipinski definition) is 3. The second-order valence-corrected chi connectivity index (χ2v) is 3.81. The average Bonchev–Trinajstić information content (AvgIpc) is 2.70. The summed E-state index contributed by atoms with van der Waals surface area (Å²) in [5.74, 6) is 0.781. The van der Waals surface area contributed by atoms with Crippen molar-refractivity contribution in [2.45, 2.75) is 18.9 Å². The fourth-order valence-electron chi connectivity index (χ4n) is 1.54. The van der Waals surface area contributed by atoms with Gasteiger partial charge in [-0.05, 0) is 31.5 Å². The molecule has 1 aliphatic rings. The molecule has 3 nitrogen and oxygen atoms in total. The molecule has 1 fully saturated rings. The highest BCUT2D eigenvalue weighted by Crippen LogP contribution is 2.13. The van der Waals surface area contributed by atoms with Gasteiger partial charge in [0.2, 0.25) is 0 Å². The molecule has 1 aromatic heterocycles. The third-order valence-electron chi connectivity index (χ3n) is 2.31. The first-order chi connectivity index (χ1) is 6.84. The monoisotopic (exact) mass is 212 g/mol. The maximum atomic E-state index is 5.66. The largest absolute Gasteiger partial charge is 0.490 e. The molecule has 4 heteroatoms. The Hall–Kier alpha value is -0.800. The van der Waals surface area contributed by atoms with Crippen molar-refractivity contribution < 1.29 is 4.74 Å². The Balaban J connectivity index is 1.82. The van der Waals surface area contributed by atoms with Crippen LogP contribution in [-0.2, 0) is 0 Å². The van der Waals surface area contributed by atoms with Gasteiger partial charge in [0, 0.05) is 6.04 Å². The van der Waals surface area contributed by atoms with E-state index in [1.807, 2.05) is 6.07 Å². The smallest absolute Gasteiger partial charge is 0.137 e. The number of ether oxygens (including phenoxy) is 1. The molecule has 76 valence electrons. The number of hydrogen-bond donors (Lipinski definition) is 1. The van der Waals surface area contributed by atoms with Gasteiger partial charge >= 0.3 is 0 Å². The van der Waals surface area contributed by atoms with Gasteiger partial charge in [-0.15, -0.1) is 0 Å². The molecule has 1 aromatic rings. The summed E-state index contributed by atoms with van der Waals surface area (Å²) < 4.78 is 5.56. The van der Waals surface area contributed by atoms with E-state index < -0.39 is 0 Å². The molecule has 2 heterocycles. The van der Waals surface area contributed by atoms with E-state index in [0.29, 0.717) is 17.8 Å². The molecule has 0 radical (unpaired) electrons. The summed E-state index contributed by atoms with van der Waals surface area (Å²) >= 11 is 5.66. The molecular weight excluding hydrogens is 200 g/mol. The van der Waals surface area contributed by atoms with E-state index in [1.165, 1.54) is 12.8 Å². The second kappa shape index (κ2) is 4.62. The lowest BCUT2D eigenvalue weighted by atomic mass is 10.2. The molecule has 0 aromatic carbocycles. The molecule has 2 rings (SSSR count). The van der Waals surface area contributed by atoms with Crippen molar-refractivity contribution in [1.29, 1.82) is 0 Å². The van der Waals surface area contributed by atoms with Crippen LogP contribution in [0.5, 0.6) is 5.75 Å². The first-order valence-electron chi connectivity index (χ1n) is 4.82. The summed E-state index contributed by atoms with van der Waals surface area (Å²) in [7, 11) is 0. The fourth-order valence-corrected chi connectivity index (χ4v) is 1.66. The van der Waals surface area contributed by atoms with Crippen LogP contribution in [0.4, 0.5) is 0 Å². The van der Waals surface area contributed by atoms with E-state index in [9.17, 15) is 0 Å². The van der Waals surface area contributed by atoms with E-state index in [2.05, 4.69) is 10.3 Å². The van der Waals surface area contributed by atoms with Crippen LogP contribution in [0.25, 0.3) is 0 Å². The van der Waals surface area contributed by atoms with Crippen molar-refractivity contribution in [1.82, 2.24) is 10.3 Å². The van der Waals surface area contributed by atoms with Gasteiger partial charge in [-0.3, -0.25) is 0 Å². The molecule has 0 saturated carbocycles. The molecule has 0 amide bonds. The Morgan fingerprint density at radius 1 is 1.57 bits per heavy atom. The maximum Gasteiger partial charge on any atom is 0.137 e. The van der Waals surface area contributed by atoms with Crippen LogP contribution in [0.15, 0.2) is 18.3 Å². The first-order valence-corrected chi connectivity index (χ1v) is 5.20. The van der Waals surface area contributed by atoms with Gasteiger partial charge in [-0.2, -0.15) is 0 Å². The molecule has 1 aliphatic heterocycles. The minimum absolute atomic E-state index is 0.491. The number of rotatable bonds is 3. The summed E-state index contributed by atoms with van der Waals surface area (Å²) in [4.78, 5) is 3.94. The van der Waals surface area contributed by atoms with Gasteiger partial charge in [0.15, 0.2) is 0 Å². The maximum absolute atomic E-state index is 5.66. The quantitative estimate of drug-likeness (QED) is 0.777. The predicted molar refractivity (Wildman–Crippen MR) is 55.8 cm³/mol. The lowest BCUT2D eigenvalue weighted by Gasteiger charge is -2.11. The molecule has 0 spiro atoms. The Morgan fingerprint density at radius 2 is 2.50 bits per heavy atom. The summed E-state index contributed by atoms with van der Waals surface area (Å²) in [6.45, 7) is 1.82. The zero-order chi connectivity index (χ0) is 9.80. The zero-order valence-electron chi connectivity index (χ0n) is 7.87. The molecule has 1 N–H and O–H groups in total. The van der Waals surface area contributed by atoms with Crippen molar-refractivity contribution in [3.8, 4) is 5.75 Å². The third-order valence-corrected chi connectivity index (χ3v) is 2.54. The highest BCUT2D eigenvalue weighted by molar-refractivity contribution is 6.29. The van der Waals surface area contributed by atoms with E-state index >= 15 is 0 Å². The molecule has 1 atom stereocenters. The van der Waals surface area contributed by atoms with Crippen LogP contribution in [0.1, 0.15) is 12.8 Å². The van der Waals surface area contributed by atoms with Crippen LogP contribution in [-0.4, -0.2) is 24.2 Å². The molecule has 1 saturated heterocycles. The molecule has 0 aliphatic carbocycles. The van der Waals surface area contributed by atoms with Crippen molar-refractivity contribution in [2.24, 2.45) is 0 Å². The topological polar surface area (TPSA) is 34.1 Å². The minimum atomic E-state index is 0.491. The average molecular weight is 213 g/mol. The van der Waals surface area contributed by atoms with Crippen LogP contribution >= 0.6 is 11.6 Å². The summed E-state index contributed by atoms with van der Waals surface area (Å²) in [5.41, 5.74) is 0. The number of nitrogens with zero attached hydrogens (tertiary/aromatic N) is 1. The summed E-state index contributed by atoms with van der Waals surface area (Å²) in [6, 6.07) is 4.06. The molecule has 0 unspecified atom stereocenters. The van der Waals surface area contributed by atoms with Crippen molar-refractivity contribution in [2.75, 3.05) is 13.2 Å². The lowest BCUT2D eigenvalue weighted by Crippen LogP contribution is -2.28. The van der Waals surface area contributed by atoms with E-state index in [4.69, 9.17) is 16.3 Å². The Morgan fingerprint density at radius 3 is 3.14 bits per heavy atom.